The van der Waals surface area contributed by atoms with Crippen LogP contribution in [-0.4, -0.2) is 29.5 Å². The first-order valence-electron chi connectivity index (χ1n) is 10.5. The molecule has 0 heterocycles. The van der Waals surface area contributed by atoms with Crippen molar-refractivity contribution < 1.29 is 30.5 Å². The molecule has 2 rings (SSSR count). The molecule has 0 fully saturated rings. The molecule has 0 spiro atoms. The van der Waals surface area contributed by atoms with Gasteiger partial charge in [0.15, 0.2) is 11.6 Å². The zero-order valence-electron chi connectivity index (χ0n) is 21.3. The van der Waals surface area contributed by atoms with E-state index in [1.54, 1.807) is 13.8 Å². The molecule has 0 saturated heterocycles. The molecule has 0 saturated carbocycles. The van der Waals surface area contributed by atoms with Crippen molar-refractivity contribution in [3.8, 4) is 0 Å². The van der Waals surface area contributed by atoms with E-state index in [4.69, 9.17) is 0 Å². The number of ether oxygens (including phenoxy) is 1. The molecule has 0 N–H and O–H groups in total. The summed E-state index contributed by atoms with van der Waals surface area (Å²) in [5, 5.41) is 0.401. The van der Waals surface area contributed by atoms with Crippen molar-refractivity contribution in [2.45, 2.75) is 62.3 Å². The Morgan fingerprint density at radius 3 is 1.29 bits per heavy atom. The molecule has 0 radical (unpaired) electrons. The Labute approximate surface area is 233 Å². The fraction of sp³-hybridized carbons (Fsp3) is 0.423. The Hall–Kier alpha value is -0.791. The van der Waals surface area contributed by atoms with Crippen LogP contribution in [0, 0.1) is 41.5 Å². The van der Waals surface area contributed by atoms with Crippen molar-refractivity contribution in [2.24, 2.45) is 0 Å². The Kier molecular flexibility index (Phi) is 20.2. The predicted octanol–water partition coefficient (Wildman–Crippen LogP) is 8.26. The van der Waals surface area contributed by atoms with Crippen LogP contribution < -0.4 is 0 Å². The Bertz CT molecular complexity index is 913. The summed E-state index contributed by atoms with van der Waals surface area (Å²) in [5.41, 5.74) is 8.48. The van der Waals surface area contributed by atoms with Gasteiger partial charge in [0, 0.05) is 18.1 Å². The topological polar surface area (TPSA) is 60.4 Å². The first kappa shape index (κ1) is 35.4. The van der Waals surface area contributed by atoms with Crippen LogP contribution in [0.25, 0.3) is 0 Å². The molecule has 2 aromatic rings. The first-order chi connectivity index (χ1) is 15.8. The maximum absolute atomic E-state index is 11.5. The SMILES string of the molecule is CC(=O)c1c(C)cc(C)cc1C.CCOC(C)=O.Cc1cc(C)c(C(=O)CBr)c(C)c1.[Br][Cu][Br]. The normalized spacial score (nSPS) is 9.41. The minimum atomic E-state index is -0.211. The van der Waals surface area contributed by atoms with E-state index in [0.717, 1.165) is 33.4 Å². The van der Waals surface area contributed by atoms with Crippen molar-refractivity contribution in [1.29, 1.82) is 0 Å². The van der Waals surface area contributed by atoms with E-state index in [1.165, 1.54) is 29.4 Å². The molecular weight excluding hydrogens is 680 g/mol. The van der Waals surface area contributed by atoms with E-state index in [-0.39, 0.29) is 17.5 Å². The van der Waals surface area contributed by atoms with Gasteiger partial charge in [-0.15, -0.1) is 0 Å². The predicted molar refractivity (Wildman–Crippen MR) is 150 cm³/mol. The molecule has 8 heteroatoms. The molecule has 0 aliphatic carbocycles. The van der Waals surface area contributed by atoms with E-state index in [1.807, 2.05) is 65.8 Å². The third-order valence-electron chi connectivity index (χ3n) is 4.45. The van der Waals surface area contributed by atoms with E-state index >= 15 is 0 Å². The van der Waals surface area contributed by atoms with Gasteiger partial charge in [-0.25, -0.2) is 0 Å². The number of carbonyl (C=O) groups is 3. The van der Waals surface area contributed by atoms with Gasteiger partial charge in [-0.2, -0.15) is 0 Å². The van der Waals surface area contributed by atoms with Crippen LogP contribution in [0.5, 0.6) is 0 Å². The number of aryl methyl sites for hydroxylation is 6. The molecule has 0 aromatic heterocycles. The molecule has 0 atom stereocenters. The van der Waals surface area contributed by atoms with Crippen molar-refractivity contribution in [3.63, 3.8) is 0 Å². The van der Waals surface area contributed by atoms with Crippen LogP contribution in [0.4, 0.5) is 0 Å². The molecule has 0 amide bonds. The van der Waals surface area contributed by atoms with Crippen molar-refractivity contribution in [1.82, 2.24) is 0 Å². The summed E-state index contributed by atoms with van der Waals surface area (Å²) < 4.78 is 4.40. The molecular formula is C26H35Br3CuO4. The third kappa shape index (κ3) is 14.6. The summed E-state index contributed by atoms with van der Waals surface area (Å²) in [6.07, 6.45) is 0. The minimum absolute atomic E-state index is 0.157. The summed E-state index contributed by atoms with van der Waals surface area (Å²) in [6.45, 7) is 17.3. The first-order valence-corrected chi connectivity index (χ1v) is 16.2. The van der Waals surface area contributed by atoms with Crippen LogP contribution in [0.1, 0.15) is 74.9 Å². The van der Waals surface area contributed by atoms with Gasteiger partial charge in [0.1, 0.15) is 0 Å². The molecule has 2 aromatic carbocycles. The van der Waals surface area contributed by atoms with Gasteiger partial charge in [-0.05, 0) is 77.6 Å². The number of ketones is 2. The third-order valence-corrected chi connectivity index (χ3v) is 4.96. The summed E-state index contributed by atoms with van der Waals surface area (Å²) in [5.74, 6) is 0.109. The van der Waals surface area contributed by atoms with E-state index in [9.17, 15) is 14.4 Å². The van der Waals surface area contributed by atoms with Gasteiger partial charge in [0.2, 0.25) is 0 Å². The number of rotatable bonds is 4. The van der Waals surface area contributed by atoms with Gasteiger partial charge < -0.3 is 4.74 Å². The Balaban J connectivity index is 0. The monoisotopic (exact) mass is 711 g/mol. The van der Waals surface area contributed by atoms with Crippen LogP contribution in [0.15, 0.2) is 24.3 Å². The zero-order valence-corrected chi connectivity index (χ0v) is 27.0. The van der Waals surface area contributed by atoms with Gasteiger partial charge in [-0.3, -0.25) is 14.4 Å². The van der Waals surface area contributed by atoms with Gasteiger partial charge in [-0.1, -0.05) is 51.3 Å². The quantitative estimate of drug-likeness (QED) is 0.139. The second-order valence-corrected chi connectivity index (χ2v) is 12.9. The van der Waals surface area contributed by atoms with E-state index in [0.29, 0.717) is 11.9 Å². The van der Waals surface area contributed by atoms with Crippen LogP contribution in [0.2, 0.25) is 0 Å². The number of hydrogen-bond acceptors (Lipinski definition) is 4. The molecule has 0 aliphatic heterocycles. The fourth-order valence-corrected chi connectivity index (χ4v) is 3.91. The fourth-order valence-electron chi connectivity index (χ4n) is 3.63. The summed E-state index contributed by atoms with van der Waals surface area (Å²) in [4.78, 5) is 32.5. The number of alkyl halides is 1. The summed E-state index contributed by atoms with van der Waals surface area (Å²) >= 11 is 10.6. The van der Waals surface area contributed by atoms with Crippen molar-refractivity contribution >= 4 is 61.7 Å². The maximum atomic E-state index is 11.5. The molecule has 0 bridgehead atoms. The number of carbonyl (C=O) groups excluding carboxylic acids is 3. The van der Waals surface area contributed by atoms with Crippen LogP contribution in [-0.2, 0) is 20.9 Å². The zero-order chi connectivity index (χ0) is 27.0. The van der Waals surface area contributed by atoms with Crippen molar-refractivity contribution in [3.05, 3.63) is 68.8 Å². The number of benzene rings is 2. The van der Waals surface area contributed by atoms with E-state index < -0.39 is 0 Å². The molecule has 34 heavy (non-hydrogen) atoms. The molecule has 0 aliphatic rings. The number of esters is 1. The average molecular weight is 715 g/mol. The number of Topliss-reactive ketones (excluding diaryl/α,β-unsaturated/α-hetero) is 2. The van der Waals surface area contributed by atoms with Gasteiger partial charge in [0.05, 0.1) is 11.9 Å². The Morgan fingerprint density at radius 1 is 0.765 bits per heavy atom. The van der Waals surface area contributed by atoms with Crippen LogP contribution >= 0.6 is 44.2 Å². The van der Waals surface area contributed by atoms with E-state index in [2.05, 4.69) is 48.9 Å². The van der Waals surface area contributed by atoms with Crippen molar-refractivity contribution in [2.75, 3.05) is 11.9 Å². The molecule has 0 unspecified atom stereocenters. The number of halogens is 3. The number of hydrogen-bond donors (Lipinski definition) is 0. The molecule has 4 nitrogen and oxygen atoms in total. The standard InChI is InChI=1S/C11H13BrO.C11H14O.C4H8O2.2BrH.Cu/c1-7-4-8(2)11(9(3)5-7)10(13)6-12;1-7-5-8(2)11(10(4)12)9(3)6-7;1-3-6-4(2)5;;;/h4-5H,6H2,1-3H3;5-6H,1-4H3;3H2,1-2H3;2*1H;/q;;;;;+2/p-2. The van der Waals surface area contributed by atoms with Crippen LogP contribution in [0.3, 0.4) is 0 Å². The second-order valence-electron chi connectivity index (χ2n) is 7.63. The molecule has 195 valence electrons. The second kappa shape index (κ2) is 19.4. The summed E-state index contributed by atoms with van der Waals surface area (Å²) in [7, 11) is 0. The Morgan fingerprint density at radius 2 is 1.09 bits per heavy atom. The summed E-state index contributed by atoms with van der Waals surface area (Å²) in [6, 6.07) is 8.18. The van der Waals surface area contributed by atoms with Gasteiger partial charge >= 0.3 is 45.5 Å². The average Bonchev–Trinajstić information content (AvgIpc) is 2.67. The van der Waals surface area contributed by atoms with Gasteiger partial charge in [0.25, 0.3) is 0 Å².